The molecule has 1 aliphatic rings. The number of nitrogens with one attached hydrogen (secondary N) is 1. The second-order valence-corrected chi connectivity index (χ2v) is 2.45. The third kappa shape index (κ3) is 1.10. The van der Waals surface area contributed by atoms with E-state index in [1.54, 1.807) is 0 Å². The zero-order chi connectivity index (χ0) is 5.98. The maximum atomic E-state index is 3.22. The van der Waals surface area contributed by atoms with E-state index < -0.39 is 0 Å². The zero-order valence-electron chi connectivity index (χ0n) is 5.57. The molecule has 0 unspecified atom stereocenters. The number of rotatable bonds is 1. The summed E-state index contributed by atoms with van der Waals surface area (Å²) >= 11 is 0. The van der Waals surface area contributed by atoms with Crippen LogP contribution >= 0.6 is 0 Å². The first-order valence-electron chi connectivity index (χ1n) is 3.17. The minimum absolute atomic E-state index is 0.662. The molecule has 1 heteroatoms. The van der Waals surface area contributed by atoms with Gasteiger partial charge >= 0.3 is 0 Å². The van der Waals surface area contributed by atoms with Gasteiger partial charge in [0.25, 0.3) is 0 Å². The fraction of sp³-hybridized carbons (Fsp3) is 0.714. The van der Waals surface area contributed by atoms with Crippen LogP contribution in [0.5, 0.6) is 0 Å². The molecule has 0 aliphatic heterocycles. The lowest BCUT2D eigenvalue weighted by atomic mass is 10.2. The lowest BCUT2D eigenvalue weighted by molar-refractivity contribution is 0.650. The number of hydrogen-bond acceptors (Lipinski definition) is 1. The first-order chi connectivity index (χ1) is 3.83. The monoisotopic (exact) mass is 111 g/mol. The quantitative estimate of drug-likeness (QED) is 0.503. The fourth-order valence-corrected chi connectivity index (χ4v) is 1.12. The summed E-state index contributed by atoms with van der Waals surface area (Å²) in [5, 5.41) is 3.22. The van der Waals surface area contributed by atoms with Crippen molar-refractivity contribution >= 4 is 0 Å². The van der Waals surface area contributed by atoms with E-state index in [9.17, 15) is 0 Å². The van der Waals surface area contributed by atoms with Crippen molar-refractivity contribution < 1.29 is 0 Å². The van der Waals surface area contributed by atoms with Crippen LogP contribution in [-0.2, 0) is 0 Å². The predicted octanol–water partition coefficient (Wildman–Crippen LogP) is 1.31. The highest BCUT2D eigenvalue weighted by Gasteiger charge is 2.08. The van der Waals surface area contributed by atoms with Crippen LogP contribution in [0.25, 0.3) is 0 Å². The molecule has 0 radical (unpaired) electrons. The Morgan fingerprint density at radius 2 is 2.50 bits per heavy atom. The highest BCUT2D eigenvalue weighted by atomic mass is 14.9. The average molecular weight is 111 g/mol. The summed E-state index contributed by atoms with van der Waals surface area (Å²) in [5.74, 6) is 0. The van der Waals surface area contributed by atoms with Crippen molar-refractivity contribution in [2.75, 3.05) is 7.05 Å². The van der Waals surface area contributed by atoms with Crippen molar-refractivity contribution in [3.8, 4) is 0 Å². The van der Waals surface area contributed by atoms with Crippen LogP contribution in [0, 0.1) is 0 Å². The highest BCUT2D eigenvalue weighted by Crippen LogP contribution is 2.16. The predicted molar refractivity (Wildman–Crippen MR) is 35.8 cm³/mol. The van der Waals surface area contributed by atoms with Crippen molar-refractivity contribution in [1.29, 1.82) is 0 Å². The van der Waals surface area contributed by atoms with Gasteiger partial charge in [-0.25, -0.2) is 0 Å². The smallest absolute Gasteiger partial charge is 0.0252 e. The molecule has 0 saturated carbocycles. The van der Waals surface area contributed by atoms with Gasteiger partial charge < -0.3 is 5.32 Å². The Morgan fingerprint density at radius 3 is 2.75 bits per heavy atom. The Kier molecular flexibility index (Phi) is 1.69. The van der Waals surface area contributed by atoms with Gasteiger partial charge in [0.05, 0.1) is 0 Å². The molecule has 0 bridgehead atoms. The van der Waals surface area contributed by atoms with Crippen molar-refractivity contribution in [2.45, 2.75) is 25.8 Å². The normalized spacial score (nSPS) is 28.2. The third-order valence-electron chi connectivity index (χ3n) is 1.71. The van der Waals surface area contributed by atoms with E-state index in [-0.39, 0.29) is 0 Å². The third-order valence-corrected chi connectivity index (χ3v) is 1.71. The summed E-state index contributed by atoms with van der Waals surface area (Å²) in [5.41, 5.74) is 1.53. The van der Waals surface area contributed by atoms with Gasteiger partial charge in [0.15, 0.2) is 0 Å². The number of likely N-dealkylation sites (N-methyl/N-ethyl adjacent to an activating group) is 1. The van der Waals surface area contributed by atoms with E-state index in [4.69, 9.17) is 0 Å². The van der Waals surface area contributed by atoms with Crippen LogP contribution in [0.2, 0.25) is 0 Å². The van der Waals surface area contributed by atoms with Crippen molar-refractivity contribution in [1.82, 2.24) is 5.32 Å². The minimum Gasteiger partial charge on any atom is -0.314 e. The van der Waals surface area contributed by atoms with Gasteiger partial charge in [-0.15, -0.1) is 0 Å². The van der Waals surface area contributed by atoms with Crippen molar-refractivity contribution in [3.63, 3.8) is 0 Å². The van der Waals surface area contributed by atoms with Crippen LogP contribution in [0.4, 0.5) is 0 Å². The molecule has 1 aliphatic carbocycles. The molecule has 1 nitrogen and oxygen atoms in total. The standard InChI is InChI=1S/C7H13N/c1-6-3-4-7(5-6)8-2/h5,7-8H,3-4H2,1-2H3/t7-/m0/s1. The molecule has 1 atom stereocenters. The summed E-state index contributed by atoms with van der Waals surface area (Å²) in [7, 11) is 2.01. The van der Waals surface area contributed by atoms with Gasteiger partial charge in [-0.1, -0.05) is 11.6 Å². The Bertz CT molecular complexity index is 105. The first kappa shape index (κ1) is 5.83. The number of hydrogen-bond donors (Lipinski definition) is 1. The molecule has 1 rings (SSSR count). The van der Waals surface area contributed by atoms with E-state index in [1.807, 2.05) is 7.05 Å². The summed E-state index contributed by atoms with van der Waals surface area (Å²) in [4.78, 5) is 0. The molecule has 1 N–H and O–H groups in total. The largest absolute Gasteiger partial charge is 0.314 e. The Hall–Kier alpha value is -0.300. The van der Waals surface area contributed by atoms with Crippen LogP contribution < -0.4 is 5.32 Å². The molecule has 0 heterocycles. The molecule has 0 fully saturated rings. The Morgan fingerprint density at radius 1 is 1.75 bits per heavy atom. The van der Waals surface area contributed by atoms with Gasteiger partial charge in [-0.3, -0.25) is 0 Å². The van der Waals surface area contributed by atoms with Crippen molar-refractivity contribution in [2.24, 2.45) is 0 Å². The van der Waals surface area contributed by atoms with Crippen LogP contribution in [-0.4, -0.2) is 13.1 Å². The van der Waals surface area contributed by atoms with E-state index in [0.717, 1.165) is 0 Å². The Labute approximate surface area is 50.8 Å². The molecule has 0 saturated heterocycles. The average Bonchev–Trinajstić information content (AvgIpc) is 2.14. The van der Waals surface area contributed by atoms with Crippen LogP contribution in [0.1, 0.15) is 19.8 Å². The first-order valence-corrected chi connectivity index (χ1v) is 3.17. The molecule has 8 heavy (non-hydrogen) atoms. The SMILES string of the molecule is CN[C@@H]1C=C(C)CC1. The summed E-state index contributed by atoms with van der Waals surface area (Å²) in [6.07, 6.45) is 4.88. The lowest BCUT2D eigenvalue weighted by Gasteiger charge is -2.01. The minimum atomic E-state index is 0.662. The molecule has 0 aromatic rings. The molecular weight excluding hydrogens is 98.1 g/mol. The van der Waals surface area contributed by atoms with Gasteiger partial charge in [0, 0.05) is 6.04 Å². The van der Waals surface area contributed by atoms with Crippen molar-refractivity contribution in [3.05, 3.63) is 11.6 Å². The maximum absolute atomic E-state index is 3.22. The van der Waals surface area contributed by atoms with Gasteiger partial charge in [-0.2, -0.15) is 0 Å². The van der Waals surface area contributed by atoms with E-state index in [2.05, 4.69) is 18.3 Å². The molecule has 0 aromatic heterocycles. The lowest BCUT2D eigenvalue weighted by Crippen LogP contribution is -2.19. The van der Waals surface area contributed by atoms with Gasteiger partial charge in [0.2, 0.25) is 0 Å². The summed E-state index contributed by atoms with van der Waals surface area (Å²) in [6.45, 7) is 2.19. The Balaban J connectivity index is 2.41. The molecule has 0 amide bonds. The van der Waals surface area contributed by atoms with Crippen LogP contribution in [0.3, 0.4) is 0 Å². The molecular formula is C7H13N. The fourth-order valence-electron chi connectivity index (χ4n) is 1.12. The molecule has 0 aromatic carbocycles. The van der Waals surface area contributed by atoms with E-state index in [1.165, 1.54) is 18.4 Å². The van der Waals surface area contributed by atoms with Crippen LogP contribution in [0.15, 0.2) is 11.6 Å². The summed E-state index contributed by atoms with van der Waals surface area (Å²) < 4.78 is 0. The van der Waals surface area contributed by atoms with Gasteiger partial charge in [0.1, 0.15) is 0 Å². The van der Waals surface area contributed by atoms with E-state index >= 15 is 0 Å². The molecule has 0 spiro atoms. The summed E-state index contributed by atoms with van der Waals surface area (Å²) in [6, 6.07) is 0.662. The molecule has 46 valence electrons. The maximum Gasteiger partial charge on any atom is 0.0252 e. The second-order valence-electron chi connectivity index (χ2n) is 2.45. The van der Waals surface area contributed by atoms with Gasteiger partial charge in [-0.05, 0) is 26.8 Å². The highest BCUT2D eigenvalue weighted by molar-refractivity contribution is 5.10. The van der Waals surface area contributed by atoms with E-state index in [0.29, 0.717) is 6.04 Å². The number of allylic oxidation sites excluding steroid dienone is 1. The second kappa shape index (κ2) is 2.31. The topological polar surface area (TPSA) is 12.0 Å². The zero-order valence-corrected chi connectivity index (χ0v) is 5.57.